The summed E-state index contributed by atoms with van der Waals surface area (Å²) in [6.07, 6.45) is -5.95. The number of carbonyl (C=O) groups excluding carboxylic acids is 2. The van der Waals surface area contributed by atoms with Crippen LogP contribution in [-0.4, -0.2) is 48.7 Å². The zero-order valence-corrected chi connectivity index (χ0v) is 12.0. The fourth-order valence-corrected chi connectivity index (χ4v) is 1.12. The van der Waals surface area contributed by atoms with Crippen LogP contribution >= 0.6 is 0 Å². The van der Waals surface area contributed by atoms with E-state index in [2.05, 4.69) is 21.8 Å². The molecule has 0 spiro atoms. The summed E-state index contributed by atoms with van der Waals surface area (Å²) in [5, 5.41) is -5.24. The summed E-state index contributed by atoms with van der Waals surface area (Å²) in [6, 6.07) is 0. The van der Waals surface area contributed by atoms with Crippen LogP contribution in [0.5, 0.6) is 0 Å². The van der Waals surface area contributed by atoms with E-state index in [-0.39, 0.29) is 0 Å². The maximum Gasteiger partial charge on any atom is 0.466 e. The van der Waals surface area contributed by atoms with Gasteiger partial charge in [-0.15, -0.1) is 0 Å². The normalized spacial score (nSPS) is 15.6. The lowest BCUT2D eigenvalue weighted by Crippen LogP contribution is -2.61. The molecule has 0 aliphatic carbocycles. The quantitative estimate of drug-likeness (QED) is 0.217. The number of amides is 1. The molecule has 0 saturated carbocycles. The van der Waals surface area contributed by atoms with Gasteiger partial charge >= 0.3 is 39.2 Å². The smallest absolute Gasteiger partial charge is 0.412 e. The molecule has 0 saturated heterocycles. The monoisotopic (exact) mass is 371 g/mol. The van der Waals surface area contributed by atoms with Crippen LogP contribution in [0.15, 0.2) is 12.2 Å². The zero-order valence-electron chi connectivity index (χ0n) is 11.2. The Balaban J connectivity index is 5.84. The number of alkyl halides is 5. The van der Waals surface area contributed by atoms with Crippen LogP contribution < -0.4 is 5.73 Å². The topological polar surface area (TPSA) is 133 Å². The maximum absolute atomic E-state index is 13.0. The number of hydrogen-bond donors (Lipinski definition) is 2. The standard InChI is InChI=1S/C9H10F5NO7S/c1-4(2)5(16)22-8(6(15)17,9(12,13)14)21-3-7(10,11)23(18,19)20/h1,3H2,2H3,(H2,15,17)(H,18,19,20). The van der Waals surface area contributed by atoms with Gasteiger partial charge in [-0.1, -0.05) is 6.58 Å². The molecular weight excluding hydrogens is 361 g/mol. The minimum atomic E-state index is -6.18. The Morgan fingerprint density at radius 1 is 1.22 bits per heavy atom. The number of rotatable bonds is 7. The van der Waals surface area contributed by atoms with Crippen LogP contribution in [0.25, 0.3) is 0 Å². The first-order chi connectivity index (χ1) is 9.98. The highest BCUT2D eigenvalue weighted by molar-refractivity contribution is 7.86. The van der Waals surface area contributed by atoms with Crippen molar-refractivity contribution in [2.24, 2.45) is 5.73 Å². The summed E-state index contributed by atoms with van der Waals surface area (Å²) < 4.78 is 101. The summed E-state index contributed by atoms with van der Waals surface area (Å²) in [6.45, 7) is 1.07. The van der Waals surface area contributed by atoms with E-state index >= 15 is 0 Å². The van der Waals surface area contributed by atoms with Crippen molar-refractivity contribution in [2.75, 3.05) is 6.61 Å². The van der Waals surface area contributed by atoms with E-state index in [0.717, 1.165) is 6.92 Å². The van der Waals surface area contributed by atoms with Gasteiger partial charge in [-0.25, -0.2) is 4.79 Å². The van der Waals surface area contributed by atoms with Crippen molar-refractivity contribution in [1.82, 2.24) is 0 Å². The van der Waals surface area contributed by atoms with E-state index in [4.69, 9.17) is 4.55 Å². The molecule has 0 aromatic rings. The number of nitrogens with two attached hydrogens (primary N) is 1. The maximum atomic E-state index is 13.0. The van der Waals surface area contributed by atoms with Gasteiger partial charge < -0.3 is 15.2 Å². The lowest BCUT2D eigenvalue weighted by Gasteiger charge is -2.32. The molecule has 0 bridgehead atoms. The number of primary amides is 1. The van der Waals surface area contributed by atoms with Gasteiger partial charge in [0, 0.05) is 5.57 Å². The molecule has 0 rings (SSSR count). The Hall–Kier alpha value is -1.80. The van der Waals surface area contributed by atoms with Crippen molar-refractivity contribution in [3.63, 3.8) is 0 Å². The average Bonchev–Trinajstić information content (AvgIpc) is 2.30. The Morgan fingerprint density at radius 2 is 1.65 bits per heavy atom. The fraction of sp³-hybridized carbons (Fsp3) is 0.556. The van der Waals surface area contributed by atoms with Gasteiger partial charge in [-0.3, -0.25) is 9.35 Å². The first-order valence-electron chi connectivity index (χ1n) is 5.22. The van der Waals surface area contributed by atoms with Gasteiger partial charge in [-0.05, 0) is 6.92 Å². The van der Waals surface area contributed by atoms with Gasteiger partial charge in [-0.2, -0.15) is 30.4 Å². The van der Waals surface area contributed by atoms with E-state index in [0.29, 0.717) is 0 Å². The third-order valence-corrected chi connectivity index (χ3v) is 2.98. The largest absolute Gasteiger partial charge is 0.466 e. The van der Waals surface area contributed by atoms with Crippen molar-refractivity contribution in [2.45, 2.75) is 24.1 Å². The van der Waals surface area contributed by atoms with E-state index in [1.165, 1.54) is 0 Å². The van der Waals surface area contributed by atoms with Crippen LogP contribution in [0, 0.1) is 0 Å². The Labute approximate surface area is 125 Å². The van der Waals surface area contributed by atoms with Crippen molar-refractivity contribution in [3.05, 3.63) is 12.2 Å². The molecule has 0 aromatic heterocycles. The first kappa shape index (κ1) is 21.2. The molecule has 0 radical (unpaired) electrons. The van der Waals surface area contributed by atoms with Gasteiger partial charge in [0.2, 0.25) is 0 Å². The van der Waals surface area contributed by atoms with E-state index in [1.807, 2.05) is 0 Å². The molecule has 0 heterocycles. The molecule has 23 heavy (non-hydrogen) atoms. The van der Waals surface area contributed by atoms with E-state index in [1.54, 1.807) is 0 Å². The number of esters is 1. The summed E-state index contributed by atoms with van der Waals surface area (Å²) in [7, 11) is -6.18. The van der Waals surface area contributed by atoms with Gasteiger partial charge in [0.05, 0.1) is 0 Å². The number of halogens is 5. The Kier molecular flexibility index (Phi) is 5.87. The van der Waals surface area contributed by atoms with E-state index < -0.39 is 51.4 Å². The third kappa shape index (κ3) is 4.59. The van der Waals surface area contributed by atoms with Crippen molar-refractivity contribution in [1.29, 1.82) is 0 Å². The van der Waals surface area contributed by atoms with Crippen LogP contribution in [0.1, 0.15) is 6.92 Å². The zero-order chi connectivity index (χ0) is 18.9. The fourth-order valence-electron chi connectivity index (χ4n) is 0.908. The predicted octanol–water partition coefficient (Wildman–Crippen LogP) is 0.347. The van der Waals surface area contributed by atoms with Crippen LogP contribution in [0.3, 0.4) is 0 Å². The molecule has 3 N–H and O–H groups in total. The molecule has 0 fully saturated rings. The van der Waals surface area contributed by atoms with E-state index in [9.17, 15) is 40.0 Å². The molecule has 1 unspecified atom stereocenters. The average molecular weight is 371 g/mol. The molecular formula is C9H10F5NO7S. The van der Waals surface area contributed by atoms with Crippen molar-refractivity contribution >= 4 is 22.0 Å². The minimum Gasteiger partial charge on any atom is -0.412 e. The second-order valence-corrected chi connectivity index (χ2v) is 5.60. The van der Waals surface area contributed by atoms with Crippen LogP contribution in [-0.2, 0) is 29.2 Å². The molecule has 8 nitrogen and oxygen atoms in total. The van der Waals surface area contributed by atoms with Gasteiger partial charge in [0.25, 0.3) is 0 Å². The SMILES string of the molecule is C=C(C)C(=O)OC(OCC(F)(F)S(=O)(=O)O)(C(N)=O)C(F)(F)F. The highest BCUT2D eigenvalue weighted by atomic mass is 32.2. The predicted molar refractivity (Wildman–Crippen MR) is 61.3 cm³/mol. The van der Waals surface area contributed by atoms with Gasteiger partial charge in [0.15, 0.2) is 0 Å². The van der Waals surface area contributed by atoms with Crippen molar-refractivity contribution in [3.8, 4) is 0 Å². The van der Waals surface area contributed by atoms with Gasteiger partial charge in [0.1, 0.15) is 6.61 Å². The number of carbonyl (C=O) groups is 2. The Morgan fingerprint density at radius 3 is 1.91 bits per heavy atom. The summed E-state index contributed by atoms with van der Waals surface area (Å²) >= 11 is 0. The molecule has 0 aromatic carbocycles. The number of hydrogen-bond acceptors (Lipinski definition) is 6. The highest BCUT2D eigenvalue weighted by Gasteiger charge is 2.67. The van der Waals surface area contributed by atoms with Crippen molar-refractivity contribution < 1.29 is 54.0 Å². The second-order valence-electron chi connectivity index (χ2n) is 4.05. The second kappa shape index (κ2) is 6.37. The first-order valence-corrected chi connectivity index (χ1v) is 6.66. The molecule has 1 amide bonds. The summed E-state index contributed by atoms with van der Waals surface area (Å²) in [5.74, 6) is -9.15. The summed E-state index contributed by atoms with van der Waals surface area (Å²) in [4.78, 5) is 22.2. The molecule has 0 aliphatic heterocycles. The molecule has 0 aliphatic rings. The number of ether oxygens (including phenoxy) is 2. The molecule has 134 valence electrons. The highest BCUT2D eigenvalue weighted by Crippen LogP contribution is 2.37. The third-order valence-electron chi connectivity index (χ3n) is 2.10. The van der Waals surface area contributed by atoms with Crippen LogP contribution in [0.4, 0.5) is 22.0 Å². The summed E-state index contributed by atoms with van der Waals surface area (Å²) in [5.41, 5.74) is 3.72. The minimum absolute atomic E-state index is 0.676. The lowest BCUT2D eigenvalue weighted by molar-refractivity contribution is -0.351. The Bertz CT molecular complexity index is 614. The lowest BCUT2D eigenvalue weighted by atomic mass is 10.2. The molecule has 1 atom stereocenters. The molecule has 14 heteroatoms. The van der Waals surface area contributed by atoms with Crippen LogP contribution in [0.2, 0.25) is 0 Å².